The van der Waals surface area contributed by atoms with E-state index in [4.69, 9.17) is 9.84 Å². The van der Waals surface area contributed by atoms with Gasteiger partial charge in [-0.05, 0) is 76.3 Å². The molecule has 1 aliphatic heterocycles. The zero-order valence-electron chi connectivity index (χ0n) is 16.1. The van der Waals surface area contributed by atoms with Crippen LogP contribution in [-0.4, -0.2) is 29.3 Å². The smallest absolute Gasteiger partial charge is 0.276 e. The minimum absolute atomic E-state index is 0.0467. The summed E-state index contributed by atoms with van der Waals surface area (Å²) in [6.45, 7) is 7.04. The zero-order valence-corrected chi connectivity index (χ0v) is 16.1. The first-order valence-electron chi connectivity index (χ1n) is 9.47. The molecule has 1 fully saturated rings. The van der Waals surface area contributed by atoms with Crippen molar-refractivity contribution in [2.45, 2.75) is 57.9 Å². The fraction of sp³-hybridized carbons (Fsp3) is 0.524. The zero-order chi connectivity index (χ0) is 18.5. The van der Waals surface area contributed by atoms with Gasteiger partial charge in [-0.1, -0.05) is 0 Å². The van der Waals surface area contributed by atoms with Gasteiger partial charge in [0.15, 0.2) is 0 Å². The molecule has 0 N–H and O–H groups in total. The summed E-state index contributed by atoms with van der Waals surface area (Å²) in [5.74, 6) is 1.42. The quantitative estimate of drug-likeness (QED) is 0.834. The van der Waals surface area contributed by atoms with Crippen molar-refractivity contribution in [3.8, 4) is 5.75 Å². The summed E-state index contributed by atoms with van der Waals surface area (Å²) in [7, 11) is 1.68. The predicted octanol–water partition coefficient (Wildman–Crippen LogP) is 4.12. The molecule has 2 heterocycles. The molecule has 0 atom stereocenters. The predicted molar refractivity (Wildman–Crippen MR) is 102 cm³/mol. The van der Waals surface area contributed by atoms with Crippen LogP contribution in [-0.2, 0) is 12.0 Å². The monoisotopic (exact) mass is 353 g/mol. The molecule has 5 nitrogen and oxygen atoms in total. The van der Waals surface area contributed by atoms with Crippen molar-refractivity contribution in [1.29, 1.82) is 0 Å². The van der Waals surface area contributed by atoms with Gasteiger partial charge in [0.1, 0.15) is 11.4 Å². The van der Waals surface area contributed by atoms with Gasteiger partial charge >= 0.3 is 0 Å². The lowest BCUT2D eigenvalue weighted by Gasteiger charge is -2.31. The largest absolute Gasteiger partial charge is 0.497 e. The number of hydrogen-bond donors (Lipinski definition) is 0. The Hall–Kier alpha value is -2.30. The molecule has 2 aromatic rings. The van der Waals surface area contributed by atoms with E-state index in [2.05, 4.69) is 20.8 Å². The number of carbonyl (C=O) groups is 1. The van der Waals surface area contributed by atoms with Gasteiger partial charge in [0, 0.05) is 18.2 Å². The van der Waals surface area contributed by atoms with Gasteiger partial charge in [-0.2, -0.15) is 5.10 Å². The van der Waals surface area contributed by atoms with Crippen molar-refractivity contribution in [1.82, 2.24) is 9.78 Å². The van der Waals surface area contributed by atoms with Gasteiger partial charge < -0.3 is 9.64 Å². The molecular formula is C21H27N3O2. The summed E-state index contributed by atoms with van der Waals surface area (Å²) < 4.78 is 7.26. The molecule has 0 bridgehead atoms. The molecule has 1 aromatic carbocycles. The highest BCUT2D eigenvalue weighted by Gasteiger charge is 2.34. The summed E-state index contributed by atoms with van der Waals surface area (Å²) >= 11 is 0. The molecule has 2 aliphatic rings. The Kier molecular flexibility index (Phi) is 4.05. The SMILES string of the molecule is COc1ccc2c(c1)CCCN2C(=O)c1cc(C2CC2)nn1C(C)(C)C. The van der Waals surface area contributed by atoms with E-state index in [9.17, 15) is 4.79 Å². The summed E-state index contributed by atoms with van der Waals surface area (Å²) in [4.78, 5) is 15.4. The van der Waals surface area contributed by atoms with Crippen LogP contribution in [0.1, 0.15) is 67.7 Å². The molecule has 0 radical (unpaired) electrons. The molecule has 4 rings (SSSR count). The average molecular weight is 353 g/mol. The minimum atomic E-state index is -0.226. The van der Waals surface area contributed by atoms with Crippen LogP contribution in [0.15, 0.2) is 24.3 Å². The number of rotatable bonds is 3. The maximum atomic E-state index is 13.5. The van der Waals surface area contributed by atoms with Crippen LogP contribution in [0.25, 0.3) is 0 Å². The Balaban J connectivity index is 1.73. The summed E-state index contributed by atoms with van der Waals surface area (Å²) in [6, 6.07) is 8.00. The lowest BCUT2D eigenvalue weighted by molar-refractivity contribution is 0.0967. The lowest BCUT2D eigenvalue weighted by atomic mass is 10.0. The number of anilines is 1. The Morgan fingerprint density at radius 2 is 2.00 bits per heavy atom. The van der Waals surface area contributed by atoms with Crippen LogP contribution < -0.4 is 9.64 Å². The Morgan fingerprint density at radius 3 is 2.65 bits per heavy atom. The Bertz CT molecular complexity index is 843. The number of amides is 1. The number of methoxy groups -OCH3 is 1. The van der Waals surface area contributed by atoms with Crippen LogP contribution >= 0.6 is 0 Å². The number of aromatic nitrogens is 2. The molecule has 1 aliphatic carbocycles. The van der Waals surface area contributed by atoms with E-state index in [0.717, 1.165) is 36.5 Å². The summed E-state index contributed by atoms with van der Waals surface area (Å²) in [5, 5.41) is 4.79. The molecule has 1 aromatic heterocycles. The van der Waals surface area contributed by atoms with Gasteiger partial charge in [0.25, 0.3) is 5.91 Å². The molecule has 26 heavy (non-hydrogen) atoms. The highest BCUT2D eigenvalue weighted by atomic mass is 16.5. The topological polar surface area (TPSA) is 47.4 Å². The van der Waals surface area contributed by atoms with E-state index < -0.39 is 0 Å². The van der Waals surface area contributed by atoms with E-state index in [1.807, 2.05) is 33.8 Å². The van der Waals surface area contributed by atoms with Crippen molar-refractivity contribution < 1.29 is 9.53 Å². The van der Waals surface area contributed by atoms with Crippen LogP contribution in [0, 0.1) is 0 Å². The van der Waals surface area contributed by atoms with E-state index in [0.29, 0.717) is 11.6 Å². The third kappa shape index (κ3) is 3.00. The van der Waals surface area contributed by atoms with Gasteiger partial charge in [-0.25, -0.2) is 0 Å². The van der Waals surface area contributed by atoms with Crippen LogP contribution in [0.2, 0.25) is 0 Å². The van der Waals surface area contributed by atoms with Crippen molar-refractivity contribution in [3.63, 3.8) is 0 Å². The van der Waals surface area contributed by atoms with E-state index in [-0.39, 0.29) is 11.4 Å². The van der Waals surface area contributed by atoms with Gasteiger partial charge in [0.2, 0.25) is 0 Å². The minimum Gasteiger partial charge on any atom is -0.497 e. The molecule has 138 valence electrons. The third-order valence-electron chi connectivity index (χ3n) is 5.23. The van der Waals surface area contributed by atoms with E-state index >= 15 is 0 Å². The fourth-order valence-corrected chi connectivity index (χ4v) is 3.69. The number of fused-ring (bicyclic) bond motifs is 1. The number of carbonyl (C=O) groups excluding carboxylic acids is 1. The third-order valence-corrected chi connectivity index (χ3v) is 5.23. The van der Waals surface area contributed by atoms with Gasteiger partial charge in [0.05, 0.1) is 18.3 Å². The van der Waals surface area contributed by atoms with Gasteiger partial charge in [-0.15, -0.1) is 0 Å². The first kappa shape index (κ1) is 17.1. The number of aryl methyl sites for hydroxylation is 1. The Morgan fingerprint density at radius 1 is 1.23 bits per heavy atom. The standard InChI is InChI=1S/C21H27N3O2/c1-21(2,3)24-19(13-17(22-24)14-7-8-14)20(25)23-11-5-6-15-12-16(26-4)9-10-18(15)23/h9-10,12-14H,5-8,11H2,1-4H3. The number of ether oxygens (including phenoxy) is 1. The highest BCUT2D eigenvalue weighted by molar-refractivity contribution is 6.06. The first-order chi connectivity index (χ1) is 12.4. The second kappa shape index (κ2) is 6.15. The summed E-state index contributed by atoms with van der Waals surface area (Å²) in [6.07, 6.45) is 4.30. The van der Waals surface area contributed by atoms with E-state index in [1.54, 1.807) is 7.11 Å². The van der Waals surface area contributed by atoms with Crippen molar-refractivity contribution >= 4 is 11.6 Å². The fourth-order valence-electron chi connectivity index (χ4n) is 3.69. The van der Waals surface area contributed by atoms with Crippen molar-refractivity contribution in [2.24, 2.45) is 0 Å². The second-order valence-corrected chi connectivity index (χ2v) is 8.37. The molecule has 5 heteroatoms. The second-order valence-electron chi connectivity index (χ2n) is 8.37. The number of benzene rings is 1. The number of hydrogen-bond acceptors (Lipinski definition) is 3. The van der Waals surface area contributed by atoms with Crippen LogP contribution in [0.3, 0.4) is 0 Å². The molecule has 0 unspecified atom stereocenters. The molecule has 0 spiro atoms. The lowest BCUT2D eigenvalue weighted by Crippen LogP contribution is -2.38. The van der Waals surface area contributed by atoms with E-state index in [1.165, 1.54) is 18.4 Å². The van der Waals surface area contributed by atoms with Crippen molar-refractivity contribution in [3.05, 3.63) is 41.2 Å². The number of nitrogens with zero attached hydrogens (tertiary/aromatic N) is 3. The normalized spacial score (nSPS) is 17.2. The average Bonchev–Trinajstić information content (AvgIpc) is 3.37. The van der Waals surface area contributed by atoms with Gasteiger partial charge in [-0.3, -0.25) is 9.48 Å². The molecule has 0 saturated heterocycles. The van der Waals surface area contributed by atoms with Crippen molar-refractivity contribution in [2.75, 3.05) is 18.6 Å². The summed E-state index contributed by atoms with van der Waals surface area (Å²) in [5.41, 5.74) is 3.71. The van der Waals surface area contributed by atoms with Crippen LogP contribution in [0.5, 0.6) is 5.75 Å². The molecule has 1 amide bonds. The Labute approximate surface area is 154 Å². The maximum absolute atomic E-state index is 13.5. The molecule has 1 saturated carbocycles. The highest BCUT2D eigenvalue weighted by Crippen LogP contribution is 2.40. The maximum Gasteiger partial charge on any atom is 0.276 e. The van der Waals surface area contributed by atoms with Crippen LogP contribution in [0.4, 0.5) is 5.69 Å². The molecular weight excluding hydrogens is 326 g/mol. The first-order valence-corrected chi connectivity index (χ1v) is 9.47.